The number of aromatic amines is 1. The van der Waals surface area contributed by atoms with E-state index in [4.69, 9.17) is 0 Å². The topological polar surface area (TPSA) is 28.1 Å². The maximum absolute atomic E-state index is 3.85. The van der Waals surface area contributed by atoms with Crippen LogP contribution in [0.3, 0.4) is 0 Å². The van der Waals surface area contributed by atoms with E-state index in [9.17, 15) is 0 Å². The summed E-state index contributed by atoms with van der Waals surface area (Å²) < 4.78 is 0. The molecule has 2 nitrogen and oxygen atoms in total. The zero-order valence-electron chi connectivity index (χ0n) is 5.70. The van der Waals surface area contributed by atoms with Gasteiger partial charge >= 0.3 is 0 Å². The smallest absolute Gasteiger partial charge is 0.0573 e. The number of hydrogen-bond acceptors (Lipinski definition) is 1. The van der Waals surface area contributed by atoms with Gasteiger partial charge in [-0.1, -0.05) is 6.08 Å². The van der Waals surface area contributed by atoms with E-state index in [1.54, 1.807) is 6.21 Å². The van der Waals surface area contributed by atoms with Gasteiger partial charge in [0, 0.05) is 18.6 Å². The molecule has 1 aliphatic rings. The number of aromatic nitrogens is 1. The van der Waals surface area contributed by atoms with Crippen LogP contribution in [-0.4, -0.2) is 17.7 Å². The molecule has 1 aliphatic heterocycles. The minimum absolute atomic E-state index is 0.889. The van der Waals surface area contributed by atoms with E-state index in [-0.39, 0.29) is 0 Å². The fraction of sp³-hybridized carbons (Fsp3) is 0.125. The van der Waals surface area contributed by atoms with Crippen LogP contribution < -0.4 is 0 Å². The maximum atomic E-state index is 3.85. The van der Waals surface area contributed by atoms with Crippen LogP contribution in [0, 0.1) is 0 Å². The fourth-order valence-corrected chi connectivity index (χ4v) is 0.582. The van der Waals surface area contributed by atoms with Crippen molar-refractivity contribution in [3.8, 4) is 0 Å². The van der Waals surface area contributed by atoms with E-state index >= 15 is 0 Å². The van der Waals surface area contributed by atoms with Crippen LogP contribution in [0.25, 0.3) is 0 Å². The molecule has 0 unspecified atom stereocenters. The molecular formula is C8H10N2. The molecule has 0 bridgehead atoms. The van der Waals surface area contributed by atoms with E-state index in [0.29, 0.717) is 0 Å². The molecule has 0 saturated carbocycles. The third kappa shape index (κ3) is 2.87. The van der Waals surface area contributed by atoms with Gasteiger partial charge in [0.1, 0.15) is 0 Å². The van der Waals surface area contributed by atoms with Crippen molar-refractivity contribution in [3.63, 3.8) is 0 Å². The molecule has 0 aromatic carbocycles. The molecule has 0 amide bonds. The molecule has 1 aromatic heterocycles. The number of hydrogen-bond donors (Lipinski definition) is 1. The van der Waals surface area contributed by atoms with Crippen molar-refractivity contribution in [2.24, 2.45) is 4.99 Å². The van der Waals surface area contributed by atoms with Crippen LogP contribution in [-0.2, 0) is 0 Å². The monoisotopic (exact) mass is 134 g/mol. The van der Waals surface area contributed by atoms with Crippen LogP contribution in [0.15, 0.2) is 41.7 Å². The normalized spacial score (nSPS) is 12.8. The number of nitrogens with one attached hydrogen (secondary N) is 1. The summed E-state index contributed by atoms with van der Waals surface area (Å²) in [4.78, 5) is 6.71. The molecule has 0 radical (unpaired) electrons. The Bertz CT molecular complexity index is 170. The number of aliphatic imine (C=N–C) groups is 1. The Morgan fingerprint density at radius 3 is 2.20 bits per heavy atom. The molecule has 1 aromatic rings. The lowest BCUT2D eigenvalue weighted by molar-refractivity contribution is 1.29. The summed E-state index contributed by atoms with van der Waals surface area (Å²) in [7, 11) is 0. The van der Waals surface area contributed by atoms with E-state index in [1.807, 2.05) is 36.7 Å². The largest absolute Gasteiger partial charge is 0.368 e. The highest BCUT2D eigenvalue weighted by atomic mass is 14.7. The molecule has 2 heterocycles. The van der Waals surface area contributed by atoms with Crippen LogP contribution in [0.5, 0.6) is 0 Å². The SMILES string of the molecule is C1=CCN=C1.c1cc[nH]c1. The van der Waals surface area contributed by atoms with Crippen molar-refractivity contribution >= 4 is 6.21 Å². The van der Waals surface area contributed by atoms with Crippen molar-refractivity contribution in [2.75, 3.05) is 6.54 Å². The lowest BCUT2D eigenvalue weighted by atomic mass is 10.6. The summed E-state index contributed by atoms with van der Waals surface area (Å²) in [6, 6.07) is 3.89. The Hall–Kier alpha value is -1.31. The molecule has 52 valence electrons. The van der Waals surface area contributed by atoms with E-state index in [2.05, 4.69) is 9.98 Å². The third-order valence-corrected chi connectivity index (χ3v) is 1.03. The first-order valence-corrected chi connectivity index (χ1v) is 3.23. The predicted octanol–water partition coefficient (Wildman–Crippen LogP) is 1.64. The van der Waals surface area contributed by atoms with Gasteiger partial charge in [-0.2, -0.15) is 0 Å². The first-order chi connectivity index (χ1) is 5.00. The van der Waals surface area contributed by atoms with Crippen LogP contribution in [0.2, 0.25) is 0 Å². The number of nitrogens with zero attached hydrogens (tertiary/aromatic N) is 1. The Morgan fingerprint density at radius 2 is 2.00 bits per heavy atom. The number of rotatable bonds is 0. The highest BCUT2D eigenvalue weighted by Crippen LogP contribution is 1.78. The predicted molar refractivity (Wildman–Crippen MR) is 43.3 cm³/mol. The highest BCUT2D eigenvalue weighted by molar-refractivity contribution is 5.73. The lowest BCUT2D eigenvalue weighted by Gasteiger charge is -1.60. The number of allylic oxidation sites excluding steroid dienone is 1. The van der Waals surface area contributed by atoms with E-state index < -0.39 is 0 Å². The van der Waals surface area contributed by atoms with Gasteiger partial charge in [0.25, 0.3) is 0 Å². The quantitative estimate of drug-likeness (QED) is 0.558. The Kier molecular flexibility index (Phi) is 3.10. The van der Waals surface area contributed by atoms with Crippen LogP contribution in [0.1, 0.15) is 0 Å². The summed E-state index contributed by atoms with van der Waals surface area (Å²) in [6.07, 6.45) is 9.51. The third-order valence-electron chi connectivity index (χ3n) is 1.03. The van der Waals surface area contributed by atoms with E-state index in [0.717, 1.165) is 6.54 Å². The molecule has 1 N–H and O–H groups in total. The first-order valence-electron chi connectivity index (χ1n) is 3.23. The van der Waals surface area contributed by atoms with Gasteiger partial charge in [-0.15, -0.1) is 0 Å². The van der Waals surface area contributed by atoms with Gasteiger partial charge in [-0.3, -0.25) is 4.99 Å². The van der Waals surface area contributed by atoms with Crippen LogP contribution >= 0.6 is 0 Å². The average Bonchev–Trinajstić information content (AvgIpc) is 2.67. The van der Waals surface area contributed by atoms with Crippen molar-refractivity contribution in [2.45, 2.75) is 0 Å². The van der Waals surface area contributed by atoms with Crippen molar-refractivity contribution < 1.29 is 0 Å². The van der Waals surface area contributed by atoms with E-state index in [1.165, 1.54) is 0 Å². The average molecular weight is 134 g/mol. The minimum atomic E-state index is 0.889. The first kappa shape index (κ1) is 6.81. The fourth-order valence-electron chi connectivity index (χ4n) is 0.582. The molecule has 0 aliphatic carbocycles. The van der Waals surface area contributed by atoms with Crippen molar-refractivity contribution in [1.82, 2.24) is 4.98 Å². The summed E-state index contributed by atoms with van der Waals surface area (Å²) >= 11 is 0. The Labute approximate surface area is 60.3 Å². The molecule has 0 saturated heterocycles. The molecule has 0 atom stereocenters. The lowest BCUT2D eigenvalue weighted by Crippen LogP contribution is -1.54. The van der Waals surface area contributed by atoms with Crippen LogP contribution in [0.4, 0.5) is 0 Å². The molecule has 10 heavy (non-hydrogen) atoms. The zero-order chi connectivity index (χ0) is 7.07. The van der Waals surface area contributed by atoms with Gasteiger partial charge in [0.2, 0.25) is 0 Å². The molecular weight excluding hydrogens is 124 g/mol. The zero-order valence-corrected chi connectivity index (χ0v) is 5.70. The van der Waals surface area contributed by atoms with Crippen molar-refractivity contribution in [3.05, 3.63) is 36.7 Å². The summed E-state index contributed by atoms with van der Waals surface area (Å²) in [6.45, 7) is 0.889. The summed E-state index contributed by atoms with van der Waals surface area (Å²) in [5, 5.41) is 0. The van der Waals surface area contributed by atoms with Gasteiger partial charge in [-0.25, -0.2) is 0 Å². The standard InChI is InChI=1S/2C4H5N/c2*1-2-4-5-3-1/h1-3H,4H2;1-5H. The second kappa shape index (κ2) is 4.56. The highest BCUT2D eigenvalue weighted by Gasteiger charge is 1.72. The molecule has 2 heteroatoms. The minimum Gasteiger partial charge on any atom is -0.368 e. The molecule has 2 rings (SSSR count). The Morgan fingerprint density at radius 1 is 1.20 bits per heavy atom. The maximum Gasteiger partial charge on any atom is 0.0573 e. The molecule has 0 fully saturated rings. The summed E-state index contributed by atoms with van der Waals surface area (Å²) in [5.74, 6) is 0. The van der Waals surface area contributed by atoms with Gasteiger partial charge in [0.05, 0.1) is 6.54 Å². The summed E-state index contributed by atoms with van der Waals surface area (Å²) in [5.41, 5.74) is 0. The molecule has 0 spiro atoms. The Balaban J connectivity index is 0.0000001000. The number of H-pyrrole nitrogens is 1. The van der Waals surface area contributed by atoms with Gasteiger partial charge in [-0.05, 0) is 18.2 Å². The van der Waals surface area contributed by atoms with Crippen molar-refractivity contribution in [1.29, 1.82) is 0 Å². The second-order valence-electron chi connectivity index (χ2n) is 1.83. The second-order valence-corrected chi connectivity index (χ2v) is 1.83. The van der Waals surface area contributed by atoms with Gasteiger partial charge < -0.3 is 4.98 Å². The van der Waals surface area contributed by atoms with Gasteiger partial charge in [0.15, 0.2) is 0 Å².